The summed E-state index contributed by atoms with van der Waals surface area (Å²) < 4.78 is 0. The quantitative estimate of drug-likeness (QED) is 0.0254. The van der Waals surface area contributed by atoms with Crippen molar-refractivity contribution in [2.24, 2.45) is 29.2 Å². The van der Waals surface area contributed by atoms with Crippen LogP contribution in [0.2, 0.25) is 0 Å². The van der Waals surface area contributed by atoms with Crippen molar-refractivity contribution < 1.29 is 103 Å². The first-order valence-corrected chi connectivity index (χ1v) is 32.1. The summed E-state index contributed by atoms with van der Waals surface area (Å²) in [6, 6.07) is -18.4. The molecule has 2 fully saturated rings. The molecule has 538 valence electrons. The second-order valence-electron chi connectivity index (χ2n) is 25.4. The summed E-state index contributed by atoms with van der Waals surface area (Å²) in [6.45, 7) is 13.9. The lowest BCUT2D eigenvalue weighted by molar-refractivity contribution is -0.145. The molecule has 0 aromatic heterocycles. The molecule has 2 heterocycles. The summed E-state index contributed by atoms with van der Waals surface area (Å²) in [7, 11) is 0. The molecule has 0 saturated carbocycles. The minimum atomic E-state index is -1.94. The van der Waals surface area contributed by atoms with Crippen molar-refractivity contribution in [1.29, 1.82) is 0 Å². The van der Waals surface area contributed by atoms with Crippen molar-refractivity contribution in [3.63, 3.8) is 0 Å². The Labute approximate surface area is 551 Å². The average Bonchev–Trinajstić information content (AvgIpc) is 1.87. The predicted molar refractivity (Wildman–Crippen MR) is 336 cm³/mol. The van der Waals surface area contributed by atoms with Gasteiger partial charge in [0.05, 0.1) is 24.9 Å². The number of nitrogens with two attached hydrogens (primary N) is 2. The third-order valence-corrected chi connectivity index (χ3v) is 15.8. The van der Waals surface area contributed by atoms with E-state index < -0.39 is 212 Å². The van der Waals surface area contributed by atoms with E-state index in [0.717, 1.165) is 16.7 Å². The number of hydrogen-bond acceptors (Lipinski definition) is 20. The van der Waals surface area contributed by atoms with Crippen LogP contribution in [0.1, 0.15) is 153 Å². The number of rotatable bonds is 41. The van der Waals surface area contributed by atoms with Gasteiger partial charge in [0.25, 0.3) is 0 Å². The Morgan fingerprint density at radius 3 is 1.35 bits per heavy atom. The first-order chi connectivity index (χ1) is 44.3. The average molecular weight is 1360 g/mol. The largest absolute Gasteiger partial charge is 0.481 e. The molecule has 0 aromatic carbocycles. The van der Waals surface area contributed by atoms with E-state index in [1.54, 1.807) is 41.5 Å². The molecule has 20 N–H and O–H groups in total. The highest BCUT2D eigenvalue weighted by Crippen LogP contribution is 2.22. The summed E-state index contributed by atoms with van der Waals surface area (Å²) in [5.41, 5.74) is 11.3. The number of nitrogens with one attached hydrogen (secondary N) is 10. The van der Waals surface area contributed by atoms with Crippen molar-refractivity contribution in [2.45, 2.75) is 244 Å². The Morgan fingerprint density at radius 1 is 0.474 bits per heavy atom. The van der Waals surface area contributed by atoms with E-state index >= 15 is 0 Å². The second kappa shape index (κ2) is 40.3. The van der Waals surface area contributed by atoms with Gasteiger partial charge in [-0.15, -0.1) is 0 Å². The van der Waals surface area contributed by atoms with Crippen LogP contribution in [0, 0.1) is 17.8 Å². The molecule has 95 heavy (non-hydrogen) atoms. The van der Waals surface area contributed by atoms with Crippen LogP contribution < -0.4 is 64.6 Å². The van der Waals surface area contributed by atoms with Crippen LogP contribution in [-0.2, 0) is 71.9 Å². The van der Waals surface area contributed by atoms with Gasteiger partial charge < -0.3 is 105 Å². The van der Waals surface area contributed by atoms with Gasteiger partial charge in [-0.25, -0.2) is 4.79 Å². The Balaban J connectivity index is 2.40. The summed E-state index contributed by atoms with van der Waals surface area (Å²) in [4.78, 5) is 202. The highest BCUT2D eigenvalue weighted by atomic mass is 16.4. The first-order valence-electron chi connectivity index (χ1n) is 32.1. The zero-order valence-electron chi connectivity index (χ0n) is 55.8. The van der Waals surface area contributed by atoms with Crippen molar-refractivity contribution in [1.82, 2.24) is 63.0 Å². The standard InChI is InChI=1S/C60H102N14O21/c1-28(2)25-38(52(86)70-46(30(5)6)56(90)71-47(32(8)77)57(91)68-39(60(94)95)26-29(3)4)67-55(89)42-17-14-24-74(42)59(93)48(33(9)78)72-51(85)36(18-20-43(61)80)65-53(87)40(27-75)69-49(83)35(15-11-12-22-63-34(10)79)64-50(84)37(19-21-44(81)82)66-54(88)41-16-13-23-73(41)58(92)45(62)31(7)76/h28-33,35-42,45-48,75-78H,11-27,62H2,1-10H3,(H2,61,80)(H,63,79)(H,64,84)(H,65,87)(H,66,88)(H,67,89)(H,68,91)(H,69,83)(H,70,86)(H,71,90)(H,72,85)(H,81,82)(H,94,95)/t31-,32-,33?,35+,36+,37+,38+,39+,40+,41+,42+,45+,46+,47+,48+/m1/s1. The molecule has 2 aliphatic heterocycles. The number of aliphatic hydroxyl groups is 4. The van der Waals surface area contributed by atoms with Crippen molar-refractivity contribution in [3.8, 4) is 0 Å². The van der Waals surface area contributed by atoms with Crippen LogP contribution in [-0.4, -0.2) is 246 Å². The number of aliphatic hydroxyl groups excluding tert-OH is 4. The third-order valence-electron chi connectivity index (χ3n) is 15.8. The highest BCUT2D eigenvalue weighted by Gasteiger charge is 2.44. The van der Waals surface area contributed by atoms with Gasteiger partial charge in [0, 0.05) is 39.4 Å². The van der Waals surface area contributed by atoms with E-state index in [1.165, 1.54) is 20.8 Å². The minimum Gasteiger partial charge on any atom is -0.481 e. The molecule has 0 radical (unpaired) electrons. The van der Waals surface area contributed by atoms with E-state index in [2.05, 4.69) is 53.2 Å². The topological polar surface area (TPSA) is 556 Å². The Hall–Kier alpha value is -8.15. The van der Waals surface area contributed by atoms with Crippen LogP contribution in [0.15, 0.2) is 0 Å². The van der Waals surface area contributed by atoms with Crippen LogP contribution in [0.25, 0.3) is 0 Å². The van der Waals surface area contributed by atoms with Crippen LogP contribution in [0.3, 0.4) is 0 Å². The van der Waals surface area contributed by atoms with E-state index in [9.17, 15) is 103 Å². The van der Waals surface area contributed by atoms with E-state index in [4.69, 9.17) is 11.5 Å². The number of aliphatic carboxylic acids is 2. The maximum Gasteiger partial charge on any atom is 0.326 e. The lowest BCUT2D eigenvalue weighted by Crippen LogP contribution is -2.62. The fourth-order valence-electron chi connectivity index (χ4n) is 10.6. The van der Waals surface area contributed by atoms with Gasteiger partial charge in [0.2, 0.25) is 76.8 Å². The van der Waals surface area contributed by atoms with Crippen LogP contribution in [0.5, 0.6) is 0 Å². The molecule has 35 heteroatoms. The number of carboxylic acid groups (broad SMARTS) is 2. The predicted octanol–water partition coefficient (Wildman–Crippen LogP) is -5.94. The maximum absolute atomic E-state index is 14.4. The fourth-order valence-corrected chi connectivity index (χ4v) is 10.6. The van der Waals surface area contributed by atoms with E-state index in [0.29, 0.717) is 6.42 Å². The number of likely N-dealkylation sites (tertiary alicyclic amines) is 2. The van der Waals surface area contributed by atoms with E-state index in [1.807, 2.05) is 0 Å². The normalized spacial score (nSPS) is 18.7. The van der Waals surface area contributed by atoms with E-state index in [-0.39, 0.29) is 88.7 Å². The Bertz CT molecular complexity index is 2700. The number of carboxylic acids is 2. The lowest BCUT2D eigenvalue weighted by Gasteiger charge is -2.32. The summed E-state index contributed by atoms with van der Waals surface area (Å²) in [5.74, 6) is -16.1. The molecule has 0 aromatic rings. The smallest absolute Gasteiger partial charge is 0.326 e. The van der Waals surface area contributed by atoms with Gasteiger partial charge in [-0.1, -0.05) is 41.5 Å². The number of nitrogens with zero attached hydrogens (tertiary/aromatic N) is 2. The molecular weight excluding hydrogens is 1250 g/mol. The molecular formula is C60H102N14O21. The number of carbonyl (C=O) groups is 15. The number of amides is 13. The van der Waals surface area contributed by atoms with Crippen LogP contribution in [0.4, 0.5) is 0 Å². The monoisotopic (exact) mass is 1350 g/mol. The molecule has 15 atom stereocenters. The molecule has 1 unspecified atom stereocenters. The summed E-state index contributed by atoms with van der Waals surface area (Å²) in [6.07, 6.45) is -6.01. The number of hydrogen-bond donors (Lipinski definition) is 18. The van der Waals surface area contributed by atoms with Crippen molar-refractivity contribution in [3.05, 3.63) is 0 Å². The molecule has 2 rings (SSSR count). The SMILES string of the molecule is CC(=O)NCCCC[C@H](NC(=O)[C@H](CCC(=O)O)NC(=O)[C@@H]1CCCN1C(=O)[C@@H](N)[C@@H](C)O)C(=O)N[C@@H](CO)C(=O)N[C@@H](CCC(N)=O)C(=O)N[C@H](C(=O)N1CCC[C@H]1C(=O)N[C@@H](CC(C)C)C(=O)N[C@H](C(=O)N[C@H](C(=O)N[C@@H](CC(C)C)C(=O)O)[C@@H](C)O)C(C)C)C(C)O. The zero-order chi connectivity index (χ0) is 72.3. The summed E-state index contributed by atoms with van der Waals surface area (Å²) in [5, 5.41) is 85.5. The number of unbranched alkanes of at least 4 members (excludes halogenated alkanes) is 1. The van der Waals surface area contributed by atoms with Gasteiger partial charge in [-0.3, -0.25) is 67.1 Å². The minimum absolute atomic E-state index is 0.00725. The number of carbonyl (C=O) groups excluding carboxylic acids is 13. The molecule has 0 bridgehead atoms. The molecule has 2 saturated heterocycles. The van der Waals surface area contributed by atoms with Crippen LogP contribution >= 0.6 is 0 Å². The Kier molecular flexibility index (Phi) is 35.2. The van der Waals surface area contributed by atoms with Gasteiger partial charge in [0.15, 0.2) is 0 Å². The van der Waals surface area contributed by atoms with Crippen molar-refractivity contribution in [2.75, 3.05) is 26.2 Å². The van der Waals surface area contributed by atoms with Gasteiger partial charge in [-0.2, -0.15) is 0 Å². The van der Waals surface area contributed by atoms with Gasteiger partial charge in [0.1, 0.15) is 72.5 Å². The van der Waals surface area contributed by atoms with Gasteiger partial charge in [-0.05, 0) is 109 Å². The molecule has 13 amide bonds. The lowest BCUT2D eigenvalue weighted by atomic mass is 9.98. The third kappa shape index (κ3) is 27.6. The fraction of sp³-hybridized carbons (Fsp3) is 0.750. The molecule has 2 aliphatic rings. The van der Waals surface area contributed by atoms with Crippen molar-refractivity contribution >= 4 is 88.7 Å². The molecule has 35 nitrogen and oxygen atoms in total. The molecule has 0 spiro atoms. The molecule has 0 aliphatic carbocycles. The number of primary amides is 1. The first kappa shape index (κ1) is 82.9. The zero-order valence-corrected chi connectivity index (χ0v) is 55.8. The highest BCUT2D eigenvalue weighted by molar-refractivity contribution is 6.00. The Morgan fingerprint density at radius 2 is 0.884 bits per heavy atom. The second-order valence-corrected chi connectivity index (χ2v) is 25.4. The maximum atomic E-state index is 14.4. The van der Waals surface area contributed by atoms with Gasteiger partial charge >= 0.3 is 11.9 Å². The summed E-state index contributed by atoms with van der Waals surface area (Å²) >= 11 is 0.